The molecule has 1 aromatic heterocycles. The summed E-state index contributed by atoms with van der Waals surface area (Å²) < 4.78 is 27.4. The molecule has 1 heterocycles. The molecule has 0 aliphatic heterocycles. The molecule has 21 heavy (non-hydrogen) atoms. The second-order valence-electron chi connectivity index (χ2n) is 4.88. The lowest BCUT2D eigenvalue weighted by Crippen LogP contribution is -2.37. The van der Waals surface area contributed by atoms with Gasteiger partial charge in [-0.15, -0.1) is 0 Å². The fourth-order valence-electron chi connectivity index (χ4n) is 1.81. The molecular weight excluding hydrogens is 288 g/mol. The van der Waals surface area contributed by atoms with E-state index in [4.69, 9.17) is 0 Å². The zero-order valence-corrected chi connectivity index (χ0v) is 13.0. The fraction of sp³-hybridized carbons (Fsp3) is 0.286. The van der Waals surface area contributed by atoms with Gasteiger partial charge in [0.05, 0.1) is 0 Å². The van der Waals surface area contributed by atoms with Gasteiger partial charge in [-0.1, -0.05) is 24.3 Å². The molecule has 1 aromatic carbocycles. The molecule has 0 aliphatic carbocycles. The maximum absolute atomic E-state index is 11.8. The van der Waals surface area contributed by atoms with Crippen LogP contribution in [0.1, 0.15) is 18.5 Å². The maximum Gasteiger partial charge on any atom is 0.279 e. The predicted molar refractivity (Wildman–Crippen MR) is 81.6 cm³/mol. The van der Waals surface area contributed by atoms with E-state index in [1.807, 2.05) is 31.2 Å². The first-order chi connectivity index (χ1) is 9.90. The highest BCUT2D eigenvalue weighted by Crippen LogP contribution is 2.21. The Kier molecular flexibility index (Phi) is 4.66. The van der Waals surface area contributed by atoms with Crippen LogP contribution in [-0.2, 0) is 10.2 Å². The van der Waals surface area contributed by atoms with Crippen LogP contribution in [0.25, 0.3) is 11.1 Å². The Morgan fingerprint density at radius 2 is 1.62 bits per heavy atom. The van der Waals surface area contributed by atoms with Gasteiger partial charge >= 0.3 is 0 Å². The van der Waals surface area contributed by atoms with Crippen molar-refractivity contribution in [1.82, 2.24) is 19.0 Å². The quantitative estimate of drug-likeness (QED) is 0.910. The molecule has 0 spiro atoms. The minimum Gasteiger partial charge on any atom is -0.244 e. The van der Waals surface area contributed by atoms with E-state index in [2.05, 4.69) is 14.7 Å². The molecule has 0 saturated carbocycles. The summed E-state index contributed by atoms with van der Waals surface area (Å²) in [5.74, 6) is 0. The molecule has 0 unspecified atom stereocenters. The number of hydrogen-bond acceptors (Lipinski definition) is 4. The normalized spacial score (nSPS) is 13.3. The van der Waals surface area contributed by atoms with Crippen LogP contribution in [0.15, 0.2) is 43.0 Å². The molecular formula is C14H18N4O2S. The molecule has 1 atom stereocenters. The first-order valence-corrected chi connectivity index (χ1v) is 7.89. The Balaban J connectivity index is 2.16. The van der Waals surface area contributed by atoms with Crippen LogP contribution in [0.3, 0.4) is 0 Å². The third-order valence-corrected chi connectivity index (χ3v) is 4.72. The Bertz CT molecular complexity index is 685. The van der Waals surface area contributed by atoms with Gasteiger partial charge in [-0.3, -0.25) is 0 Å². The van der Waals surface area contributed by atoms with Gasteiger partial charge in [0.2, 0.25) is 0 Å². The fourth-order valence-corrected chi connectivity index (χ4v) is 2.60. The van der Waals surface area contributed by atoms with E-state index in [0.29, 0.717) is 0 Å². The van der Waals surface area contributed by atoms with Crippen LogP contribution in [0, 0.1) is 0 Å². The standard InChI is InChI=1S/C14H18N4O2S/c1-11(17-21(19,20)18(2)3)12-4-6-13(7-5-12)14-8-15-10-16-9-14/h4-11,17H,1-3H3/t11-/m0/s1. The molecule has 0 aliphatic rings. The molecule has 0 amide bonds. The highest BCUT2D eigenvalue weighted by Gasteiger charge is 2.17. The lowest BCUT2D eigenvalue weighted by molar-refractivity contribution is 0.494. The molecule has 2 aromatic rings. The third-order valence-electron chi connectivity index (χ3n) is 3.11. The molecule has 0 radical (unpaired) electrons. The lowest BCUT2D eigenvalue weighted by atomic mass is 10.0. The van der Waals surface area contributed by atoms with Gasteiger partial charge in [0.15, 0.2) is 0 Å². The monoisotopic (exact) mass is 306 g/mol. The zero-order chi connectivity index (χ0) is 15.5. The average molecular weight is 306 g/mol. The highest BCUT2D eigenvalue weighted by molar-refractivity contribution is 7.87. The topological polar surface area (TPSA) is 75.2 Å². The van der Waals surface area contributed by atoms with Crippen molar-refractivity contribution in [3.05, 3.63) is 48.5 Å². The maximum atomic E-state index is 11.8. The second-order valence-corrected chi connectivity index (χ2v) is 6.79. The van der Waals surface area contributed by atoms with Gasteiger partial charge in [-0.25, -0.2) is 9.97 Å². The number of rotatable bonds is 5. The van der Waals surface area contributed by atoms with Crippen molar-refractivity contribution in [2.45, 2.75) is 13.0 Å². The summed E-state index contributed by atoms with van der Waals surface area (Å²) in [7, 11) is -0.457. The summed E-state index contributed by atoms with van der Waals surface area (Å²) >= 11 is 0. The van der Waals surface area contributed by atoms with Gasteiger partial charge < -0.3 is 0 Å². The van der Waals surface area contributed by atoms with Crippen LogP contribution >= 0.6 is 0 Å². The van der Waals surface area contributed by atoms with Crippen LogP contribution in [0.5, 0.6) is 0 Å². The molecule has 112 valence electrons. The van der Waals surface area contributed by atoms with E-state index in [9.17, 15) is 8.42 Å². The van der Waals surface area contributed by atoms with Crippen molar-refractivity contribution in [2.75, 3.05) is 14.1 Å². The summed E-state index contributed by atoms with van der Waals surface area (Å²) in [4.78, 5) is 7.96. The van der Waals surface area contributed by atoms with Crippen molar-refractivity contribution >= 4 is 10.2 Å². The van der Waals surface area contributed by atoms with Gasteiger partial charge in [-0.05, 0) is 18.1 Å². The van der Waals surface area contributed by atoms with E-state index >= 15 is 0 Å². The van der Waals surface area contributed by atoms with Crippen LogP contribution in [0.4, 0.5) is 0 Å². The van der Waals surface area contributed by atoms with Gasteiger partial charge in [-0.2, -0.15) is 17.4 Å². The number of hydrogen-bond donors (Lipinski definition) is 1. The molecule has 0 saturated heterocycles. The van der Waals surface area contributed by atoms with Crippen LogP contribution < -0.4 is 4.72 Å². The Morgan fingerprint density at radius 1 is 1.05 bits per heavy atom. The first kappa shape index (κ1) is 15.6. The first-order valence-electron chi connectivity index (χ1n) is 6.45. The minimum atomic E-state index is -3.44. The molecule has 2 rings (SSSR count). The van der Waals surface area contributed by atoms with Gasteiger partial charge in [0, 0.05) is 38.1 Å². The number of benzene rings is 1. The van der Waals surface area contributed by atoms with Crippen molar-refractivity contribution in [1.29, 1.82) is 0 Å². The zero-order valence-electron chi connectivity index (χ0n) is 12.2. The highest BCUT2D eigenvalue weighted by atomic mass is 32.2. The van der Waals surface area contributed by atoms with E-state index < -0.39 is 10.2 Å². The van der Waals surface area contributed by atoms with Crippen LogP contribution in [-0.4, -0.2) is 36.8 Å². The lowest BCUT2D eigenvalue weighted by Gasteiger charge is -2.18. The smallest absolute Gasteiger partial charge is 0.244 e. The van der Waals surface area contributed by atoms with Crippen LogP contribution in [0.2, 0.25) is 0 Å². The third kappa shape index (κ3) is 3.84. The number of aromatic nitrogens is 2. The Labute approximate surface area is 125 Å². The molecule has 6 nitrogen and oxygen atoms in total. The Morgan fingerprint density at radius 3 is 2.14 bits per heavy atom. The summed E-state index contributed by atoms with van der Waals surface area (Å²) in [6, 6.07) is 7.33. The van der Waals surface area contributed by atoms with Crippen molar-refractivity contribution < 1.29 is 8.42 Å². The second kappa shape index (κ2) is 6.30. The van der Waals surface area contributed by atoms with E-state index in [-0.39, 0.29) is 6.04 Å². The van der Waals surface area contributed by atoms with Gasteiger partial charge in [0.25, 0.3) is 10.2 Å². The minimum absolute atomic E-state index is 0.307. The summed E-state index contributed by atoms with van der Waals surface area (Å²) in [5, 5.41) is 0. The predicted octanol–water partition coefficient (Wildman–Crippen LogP) is 1.60. The van der Waals surface area contributed by atoms with Crippen molar-refractivity contribution in [3.8, 4) is 11.1 Å². The Hall–Kier alpha value is -1.83. The molecule has 0 fully saturated rings. The molecule has 0 bridgehead atoms. The summed E-state index contributed by atoms with van der Waals surface area (Å²) in [6.07, 6.45) is 4.95. The molecule has 7 heteroatoms. The van der Waals surface area contributed by atoms with Crippen molar-refractivity contribution in [3.63, 3.8) is 0 Å². The SMILES string of the molecule is C[C@H](NS(=O)(=O)N(C)C)c1ccc(-c2cncnc2)cc1. The average Bonchev–Trinajstić information content (AvgIpc) is 2.48. The molecule has 1 N–H and O–H groups in total. The summed E-state index contributed by atoms with van der Waals surface area (Å²) in [5.41, 5.74) is 2.80. The number of nitrogens with one attached hydrogen (secondary N) is 1. The van der Waals surface area contributed by atoms with E-state index in [1.54, 1.807) is 12.4 Å². The van der Waals surface area contributed by atoms with E-state index in [0.717, 1.165) is 21.0 Å². The number of nitrogens with zero attached hydrogens (tertiary/aromatic N) is 3. The van der Waals surface area contributed by atoms with Gasteiger partial charge in [0.1, 0.15) is 6.33 Å². The van der Waals surface area contributed by atoms with E-state index in [1.165, 1.54) is 20.4 Å². The van der Waals surface area contributed by atoms with Crippen molar-refractivity contribution in [2.24, 2.45) is 0 Å². The summed E-state index contributed by atoms with van der Waals surface area (Å²) in [6.45, 7) is 1.81. The largest absolute Gasteiger partial charge is 0.279 e.